The number of methoxy groups -OCH3 is 2. The fourth-order valence-corrected chi connectivity index (χ4v) is 2.89. The number of aromatic nitrogens is 1. The van der Waals surface area contributed by atoms with Crippen molar-refractivity contribution in [3.05, 3.63) is 58.7 Å². The minimum absolute atomic E-state index is 0.186. The summed E-state index contributed by atoms with van der Waals surface area (Å²) in [5.41, 5.74) is 2.28. The molecular formula is C19H19ClN2O3. The van der Waals surface area contributed by atoms with Crippen LogP contribution in [0.1, 0.15) is 29.0 Å². The molecule has 6 heteroatoms. The van der Waals surface area contributed by atoms with Crippen molar-refractivity contribution in [2.24, 2.45) is 0 Å². The summed E-state index contributed by atoms with van der Waals surface area (Å²) >= 11 is 5.99. The van der Waals surface area contributed by atoms with Gasteiger partial charge in [0.1, 0.15) is 5.69 Å². The number of benzene rings is 2. The molecule has 2 N–H and O–H groups in total. The quantitative estimate of drug-likeness (QED) is 0.713. The van der Waals surface area contributed by atoms with Gasteiger partial charge in [-0.1, -0.05) is 17.7 Å². The van der Waals surface area contributed by atoms with Crippen LogP contribution in [-0.2, 0) is 0 Å². The zero-order chi connectivity index (χ0) is 18.0. The first kappa shape index (κ1) is 17.2. The molecule has 1 unspecified atom stereocenters. The van der Waals surface area contributed by atoms with Crippen LogP contribution in [0, 0.1) is 0 Å². The largest absolute Gasteiger partial charge is 0.493 e. The van der Waals surface area contributed by atoms with Crippen LogP contribution in [0.25, 0.3) is 10.9 Å². The highest BCUT2D eigenvalue weighted by Crippen LogP contribution is 2.30. The van der Waals surface area contributed by atoms with Crippen molar-refractivity contribution in [3.8, 4) is 11.5 Å². The van der Waals surface area contributed by atoms with E-state index in [0.29, 0.717) is 22.2 Å². The van der Waals surface area contributed by atoms with Crippen molar-refractivity contribution in [3.63, 3.8) is 0 Å². The maximum Gasteiger partial charge on any atom is 0.268 e. The van der Waals surface area contributed by atoms with Gasteiger partial charge in [0.2, 0.25) is 0 Å². The van der Waals surface area contributed by atoms with Gasteiger partial charge in [0, 0.05) is 15.9 Å². The number of hydrogen-bond acceptors (Lipinski definition) is 3. The van der Waals surface area contributed by atoms with Crippen LogP contribution < -0.4 is 14.8 Å². The molecule has 3 rings (SSSR count). The number of ether oxygens (including phenoxy) is 2. The first-order chi connectivity index (χ1) is 12.0. The molecule has 1 amide bonds. The first-order valence-electron chi connectivity index (χ1n) is 7.83. The molecule has 0 aliphatic rings. The third-order valence-electron chi connectivity index (χ3n) is 4.08. The summed E-state index contributed by atoms with van der Waals surface area (Å²) in [7, 11) is 3.17. The molecule has 0 fully saturated rings. The van der Waals surface area contributed by atoms with Crippen LogP contribution in [-0.4, -0.2) is 25.1 Å². The normalized spacial score (nSPS) is 12.0. The van der Waals surface area contributed by atoms with E-state index in [1.54, 1.807) is 26.4 Å². The molecule has 1 atom stereocenters. The second-order valence-electron chi connectivity index (χ2n) is 5.72. The highest BCUT2D eigenvalue weighted by Gasteiger charge is 2.15. The van der Waals surface area contributed by atoms with E-state index in [1.165, 1.54) is 0 Å². The maximum atomic E-state index is 12.5. The van der Waals surface area contributed by atoms with Gasteiger partial charge in [0.25, 0.3) is 5.91 Å². The van der Waals surface area contributed by atoms with Crippen molar-refractivity contribution in [2.75, 3.05) is 14.2 Å². The van der Waals surface area contributed by atoms with E-state index < -0.39 is 0 Å². The predicted octanol–water partition coefficient (Wildman–Crippen LogP) is 4.33. The average Bonchev–Trinajstić information content (AvgIpc) is 3.04. The third kappa shape index (κ3) is 3.56. The van der Waals surface area contributed by atoms with Crippen molar-refractivity contribution in [1.29, 1.82) is 0 Å². The summed E-state index contributed by atoms with van der Waals surface area (Å²) in [6.45, 7) is 1.92. The summed E-state index contributed by atoms with van der Waals surface area (Å²) in [5.74, 6) is 1.09. The molecule has 0 radical (unpaired) electrons. The molecule has 130 valence electrons. The summed E-state index contributed by atoms with van der Waals surface area (Å²) in [6.07, 6.45) is 0. The number of H-pyrrole nitrogens is 1. The third-order valence-corrected chi connectivity index (χ3v) is 4.32. The van der Waals surface area contributed by atoms with Crippen LogP contribution in [0.15, 0.2) is 42.5 Å². The molecule has 3 aromatic rings. The predicted molar refractivity (Wildman–Crippen MR) is 98.7 cm³/mol. The topological polar surface area (TPSA) is 63.3 Å². The van der Waals surface area contributed by atoms with Crippen LogP contribution in [0.5, 0.6) is 11.5 Å². The van der Waals surface area contributed by atoms with Crippen molar-refractivity contribution in [1.82, 2.24) is 10.3 Å². The Balaban J connectivity index is 1.79. The standard InChI is InChI=1S/C19H19ClN2O3/c1-11(12-4-7-17(24-2)18(10-12)25-3)21-19(23)16-9-13-8-14(20)5-6-15(13)22-16/h4-11,22H,1-3H3,(H,21,23). The molecule has 0 saturated carbocycles. The SMILES string of the molecule is COc1ccc(C(C)NC(=O)c2cc3cc(Cl)ccc3[nH]2)cc1OC. The number of rotatable bonds is 5. The smallest absolute Gasteiger partial charge is 0.268 e. The Bertz CT molecular complexity index is 920. The van der Waals surface area contributed by atoms with E-state index in [1.807, 2.05) is 37.3 Å². The van der Waals surface area contributed by atoms with Crippen LogP contribution in [0.3, 0.4) is 0 Å². The lowest BCUT2D eigenvalue weighted by atomic mass is 10.1. The highest BCUT2D eigenvalue weighted by molar-refractivity contribution is 6.31. The lowest BCUT2D eigenvalue weighted by Gasteiger charge is -2.16. The van der Waals surface area contributed by atoms with Gasteiger partial charge in [0.15, 0.2) is 11.5 Å². The van der Waals surface area contributed by atoms with Gasteiger partial charge in [-0.15, -0.1) is 0 Å². The fourth-order valence-electron chi connectivity index (χ4n) is 2.71. The van der Waals surface area contributed by atoms with E-state index in [2.05, 4.69) is 10.3 Å². The molecule has 0 spiro atoms. The van der Waals surface area contributed by atoms with Gasteiger partial charge in [-0.05, 0) is 48.9 Å². The molecular weight excluding hydrogens is 340 g/mol. The highest BCUT2D eigenvalue weighted by atomic mass is 35.5. The summed E-state index contributed by atoms with van der Waals surface area (Å²) < 4.78 is 10.5. The first-order valence-corrected chi connectivity index (χ1v) is 8.20. The zero-order valence-electron chi connectivity index (χ0n) is 14.2. The summed E-state index contributed by atoms with van der Waals surface area (Å²) in [6, 6.07) is 12.6. The molecule has 1 heterocycles. The number of halogens is 1. The average molecular weight is 359 g/mol. The Kier molecular flexibility index (Phi) is 4.86. The molecule has 0 aliphatic heterocycles. The van der Waals surface area contributed by atoms with Gasteiger partial charge in [-0.3, -0.25) is 4.79 Å². The number of carbonyl (C=O) groups excluding carboxylic acids is 1. The Morgan fingerprint density at radius 1 is 1.08 bits per heavy atom. The number of hydrogen-bond donors (Lipinski definition) is 2. The number of aromatic amines is 1. The maximum absolute atomic E-state index is 12.5. The van der Waals surface area contributed by atoms with E-state index >= 15 is 0 Å². The molecule has 0 bridgehead atoms. The van der Waals surface area contributed by atoms with Gasteiger partial charge in [-0.25, -0.2) is 0 Å². The summed E-state index contributed by atoms with van der Waals surface area (Å²) in [4.78, 5) is 15.6. The second-order valence-corrected chi connectivity index (χ2v) is 6.16. The molecule has 0 saturated heterocycles. The monoisotopic (exact) mass is 358 g/mol. The molecule has 1 aromatic heterocycles. The van der Waals surface area contributed by atoms with Gasteiger partial charge >= 0.3 is 0 Å². The fraction of sp³-hybridized carbons (Fsp3) is 0.211. The van der Waals surface area contributed by atoms with Crippen LogP contribution in [0.4, 0.5) is 0 Å². The number of carbonyl (C=O) groups is 1. The van der Waals surface area contributed by atoms with E-state index in [9.17, 15) is 4.79 Å². The molecule has 25 heavy (non-hydrogen) atoms. The second kappa shape index (κ2) is 7.07. The van der Waals surface area contributed by atoms with Crippen molar-refractivity contribution < 1.29 is 14.3 Å². The minimum atomic E-state index is -0.192. The Morgan fingerprint density at radius 3 is 2.56 bits per heavy atom. The lowest BCUT2D eigenvalue weighted by Crippen LogP contribution is -2.26. The van der Waals surface area contributed by atoms with E-state index in [-0.39, 0.29) is 11.9 Å². The molecule has 5 nitrogen and oxygen atoms in total. The Hall–Kier alpha value is -2.66. The zero-order valence-corrected chi connectivity index (χ0v) is 15.0. The number of nitrogens with one attached hydrogen (secondary N) is 2. The van der Waals surface area contributed by atoms with E-state index in [4.69, 9.17) is 21.1 Å². The van der Waals surface area contributed by atoms with Gasteiger partial charge < -0.3 is 19.8 Å². The Morgan fingerprint density at radius 2 is 1.84 bits per heavy atom. The number of amides is 1. The number of fused-ring (bicyclic) bond motifs is 1. The van der Waals surface area contributed by atoms with Crippen LogP contribution in [0.2, 0.25) is 5.02 Å². The molecule has 2 aromatic carbocycles. The Labute approximate surface area is 150 Å². The van der Waals surface area contributed by atoms with Gasteiger partial charge in [0.05, 0.1) is 20.3 Å². The summed E-state index contributed by atoms with van der Waals surface area (Å²) in [5, 5.41) is 4.51. The van der Waals surface area contributed by atoms with Crippen LogP contribution >= 0.6 is 11.6 Å². The lowest BCUT2D eigenvalue weighted by molar-refractivity contribution is 0.0935. The van der Waals surface area contributed by atoms with Gasteiger partial charge in [-0.2, -0.15) is 0 Å². The van der Waals surface area contributed by atoms with Crippen molar-refractivity contribution in [2.45, 2.75) is 13.0 Å². The molecule has 0 aliphatic carbocycles. The van der Waals surface area contributed by atoms with E-state index in [0.717, 1.165) is 16.5 Å². The minimum Gasteiger partial charge on any atom is -0.493 e. The van der Waals surface area contributed by atoms with Crippen molar-refractivity contribution >= 4 is 28.4 Å².